The summed E-state index contributed by atoms with van der Waals surface area (Å²) in [6, 6.07) is 14.4. The Morgan fingerprint density at radius 3 is 2.46 bits per heavy atom. The van der Waals surface area contributed by atoms with E-state index in [4.69, 9.17) is 10.3 Å². The first-order chi connectivity index (χ1) is 13.4. The van der Waals surface area contributed by atoms with Crippen LogP contribution < -0.4 is 11.0 Å². The maximum absolute atomic E-state index is 13.6. The van der Waals surface area contributed by atoms with Crippen molar-refractivity contribution >= 4 is 30.3 Å². The molecule has 8 nitrogen and oxygen atoms in total. The van der Waals surface area contributed by atoms with Gasteiger partial charge in [-0.25, -0.2) is 4.67 Å². The topological polar surface area (TPSA) is 113 Å². The summed E-state index contributed by atoms with van der Waals surface area (Å²) in [7, 11) is -3.53. The fourth-order valence-electron chi connectivity index (χ4n) is 2.91. The molecule has 0 saturated carbocycles. The van der Waals surface area contributed by atoms with Gasteiger partial charge in [0.05, 0.1) is 18.5 Å². The van der Waals surface area contributed by atoms with Crippen molar-refractivity contribution in [2.24, 2.45) is 0 Å². The van der Waals surface area contributed by atoms with Crippen molar-refractivity contribution in [2.75, 3.05) is 25.4 Å². The number of nitrogen functional groups attached to an aromatic ring is 1. The molecule has 148 valence electrons. The molecule has 1 heterocycles. The third kappa shape index (κ3) is 4.31. The Kier molecular flexibility index (Phi) is 6.26. The SMILES string of the molecule is Nc1ccc(P2(=O)OCCCCN2CC(=O)N(O)C(=O)c2ccccc2)cc1. The Morgan fingerprint density at radius 2 is 1.79 bits per heavy atom. The minimum absolute atomic E-state index is 0.0630. The summed E-state index contributed by atoms with van der Waals surface area (Å²) in [4.78, 5) is 24.8. The van der Waals surface area contributed by atoms with Gasteiger partial charge in [0.1, 0.15) is 0 Å². The third-order valence-electron chi connectivity index (χ3n) is 4.44. The van der Waals surface area contributed by atoms with Crippen LogP contribution in [-0.2, 0) is 13.9 Å². The van der Waals surface area contributed by atoms with Crippen LogP contribution in [0.2, 0.25) is 0 Å². The molecule has 2 aromatic rings. The lowest BCUT2D eigenvalue weighted by Crippen LogP contribution is -2.42. The highest BCUT2D eigenvalue weighted by Crippen LogP contribution is 2.51. The zero-order valence-electron chi connectivity index (χ0n) is 15.2. The van der Waals surface area contributed by atoms with Crippen LogP contribution in [0.3, 0.4) is 0 Å². The Hall–Kier alpha value is -2.51. The van der Waals surface area contributed by atoms with Gasteiger partial charge in [-0.3, -0.25) is 19.4 Å². The van der Waals surface area contributed by atoms with Gasteiger partial charge in [0.15, 0.2) is 0 Å². The number of nitrogens with zero attached hydrogens (tertiary/aromatic N) is 2. The number of anilines is 1. The van der Waals surface area contributed by atoms with Gasteiger partial charge in [-0.1, -0.05) is 18.2 Å². The molecule has 0 bridgehead atoms. The maximum Gasteiger partial charge on any atom is 0.302 e. The fourth-order valence-corrected chi connectivity index (χ4v) is 5.16. The fraction of sp³-hybridized carbons (Fsp3) is 0.263. The van der Waals surface area contributed by atoms with Crippen molar-refractivity contribution in [1.82, 2.24) is 9.73 Å². The van der Waals surface area contributed by atoms with E-state index in [0.717, 1.165) is 0 Å². The lowest BCUT2D eigenvalue weighted by molar-refractivity contribution is -0.154. The van der Waals surface area contributed by atoms with E-state index in [9.17, 15) is 19.4 Å². The normalized spacial score (nSPS) is 20.3. The minimum Gasteiger partial charge on any atom is -0.399 e. The molecule has 9 heteroatoms. The van der Waals surface area contributed by atoms with E-state index in [2.05, 4.69) is 0 Å². The van der Waals surface area contributed by atoms with Crippen LogP contribution in [0.4, 0.5) is 5.69 Å². The molecular formula is C19H22N3O5P. The van der Waals surface area contributed by atoms with Crippen LogP contribution in [0.25, 0.3) is 0 Å². The molecule has 1 aliphatic heterocycles. The summed E-state index contributed by atoms with van der Waals surface area (Å²) in [5.74, 6) is -1.72. The molecule has 3 rings (SSSR count). The molecule has 0 aliphatic carbocycles. The van der Waals surface area contributed by atoms with Crippen LogP contribution >= 0.6 is 7.52 Å². The highest BCUT2D eigenvalue weighted by atomic mass is 31.2. The van der Waals surface area contributed by atoms with Gasteiger partial charge in [-0.2, -0.15) is 5.06 Å². The van der Waals surface area contributed by atoms with E-state index in [1.54, 1.807) is 42.5 Å². The second-order valence-electron chi connectivity index (χ2n) is 6.42. The van der Waals surface area contributed by atoms with Crippen molar-refractivity contribution < 1.29 is 23.9 Å². The quantitative estimate of drug-likeness (QED) is 0.348. The monoisotopic (exact) mass is 403 g/mol. The van der Waals surface area contributed by atoms with Gasteiger partial charge >= 0.3 is 7.52 Å². The number of benzene rings is 2. The number of nitrogens with two attached hydrogens (primary N) is 1. The first-order valence-electron chi connectivity index (χ1n) is 8.89. The number of hydroxylamine groups is 2. The van der Waals surface area contributed by atoms with E-state index >= 15 is 0 Å². The van der Waals surface area contributed by atoms with Crippen molar-refractivity contribution in [3.05, 3.63) is 60.2 Å². The highest BCUT2D eigenvalue weighted by Gasteiger charge is 2.38. The molecule has 1 unspecified atom stereocenters. The van der Waals surface area contributed by atoms with E-state index in [-0.39, 0.29) is 17.2 Å². The van der Waals surface area contributed by atoms with Gasteiger partial charge in [0.25, 0.3) is 11.8 Å². The van der Waals surface area contributed by atoms with E-state index in [0.29, 0.717) is 30.4 Å². The van der Waals surface area contributed by atoms with Gasteiger partial charge in [0.2, 0.25) is 0 Å². The number of carbonyl (C=O) groups is 2. The number of hydrogen-bond acceptors (Lipinski definition) is 6. The van der Waals surface area contributed by atoms with Gasteiger partial charge in [0, 0.05) is 17.8 Å². The summed E-state index contributed by atoms with van der Waals surface area (Å²) in [6.45, 7) is 0.204. The van der Waals surface area contributed by atoms with Crippen molar-refractivity contribution in [3.63, 3.8) is 0 Å². The van der Waals surface area contributed by atoms with Gasteiger partial charge < -0.3 is 10.3 Å². The predicted molar refractivity (Wildman–Crippen MR) is 104 cm³/mol. The Bertz CT molecular complexity index is 888. The maximum atomic E-state index is 13.6. The van der Waals surface area contributed by atoms with Gasteiger partial charge in [-0.05, 0) is 49.2 Å². The molecule has 28 heavy (non-hydrogen) atoms. The highest BCUT2D eigenvalue weighted by molar-refractivity contribution is 7.64. The van der Waals surface area contributed by atoms with E-state index in [1.165, 1.54) is 16.8 Å². The van der Waals surface area contributed by atoms with Crippen molar-refractivity contribution in [3.8, 4) is 0 Å². The van der Waals surface area contributed by atoms with Crippen LogP contribution in [0.5, 0.6) is 0 Å². The predicted octanol–water partition coefficient (Wildman–Crippen LogP) is 2.26. The molecule has 2 aromatic carbocycles. The molecule has 1 aliphatic rings. The molecule has 2 amide bonds. The lowest BCUT2D eigenvalue weighted by atomic mass is 10.2. The standard InChI is InChI=1S/C19H22N3O5P/c20-16-8-10-17(11-9-16)28(26)21(12-4-5-13-27-28)14-18(23)22(25)19(24)15-6-2-1-3-7-15/h1-3,6-11,25H,4-5,12-14,20H2. The van der Waals surface area contributed by atoms with Crippen molar-refractivity contribution in [1.29, 1.82) is 0 Å². The molecule has 3 N–H and O–H groups in total. The Morgan fingerprint density at radius 1 is 1.11 bits per heavy atom. The van der Waals surface area contributed by atoms with Crippen LogP contribution in [0.1, 0.15) is 23.2 Å². The molecule has 1 saturated heterocycles. The average Bonchev–Trinajstić information content (AvgIpc) is 2.90. The summed E-state index contributed by atoms with van der Waals surface area (Å²) in [5, 5.41) is 10.6. The molecule has 1 fully saturated rings. The number of imide groups is 1. The molecule has 0 spiro atoms. The Labute approximate surface area is 163 Å². The summed E-state index contributed by atoms with van der Waals surface area (Å²) >= 11 is 0. The van der Waals surface area contributed by atoms with E-state index in [1.807, 2.05) is 0 Å². The molecular weight excluding hydrogens is 381 g/mol. The second-order valence-corrected chi connectivity index (χ2v) is 8.80. The number of rotatable bonds is 4. The summed E-state index contributed by atoms with van der Waals surface area (Å²) in [5.41, 5.74) is 6.39. The number of amides is 2. The minimum atomic E-state index is -3.53. The van der Waals surface area contributed by atoms with Crippen LogP contribution in [-0.4, -0.2) is 46.5 Å². The van der Waals surface area contributed by atoms with Crippen LogP contribution in [0, 0.1) is 0 Å². The lowest BCUT2D eigenvalue weighted by Gasteiger charge is -2.29. The summed E-state index contributed by atoms with van der Waals surface area (Å²) < 4.78 is 20.7. The van der Waals surface area contributed by atoms with Gasteiger partial charge in [-0.15, -0.1) is 0 Å². The molecule has 0 radical (unpaired) electrons. The molecule has 1 atom stereocenters. The number of carbonyl (C=O) groups excluding carboxylic acids is 2. The zero-order chi connectivity index (χ0) is 20.1. The first kappa shape index (κ1) is 20.2. The summed E-state index contributed by atoms with van der Waals surface area (Å²) in [6.07, 6.45) is 1.36. The smallest absolute Gasteiger partial charge is 0.302 e. The van der Waals surface area contributed by atoms with E-state index < -0.39 is 25.9 Å². The second kappa shape index (κ2) is 8.67. The molecule has 0 aromatic heterocycles. The average molecular weight is 403 g/mol. The third-order valence-corrected chi connectivity index (χ3v) is 7.01. The van der Waals surface area contributed by atoms with Crippen molar-refractivity contribution in [2.45, 2.75) is 12.8 Å². The Balaban J connectivity index is 1.81. The number of hydrogen-bond donors (Lipinski definition) is 2. The first-order valence-corrected chi connectivity index (χ1v) is 10.5. The largest absolute Gasteiger partial charge is 0.399 e. The zero-order valence-corrected chi connectivity index (χ0v) is 16.1. The van der Waals surface area contributed by atoms with Crippen LogP contribution in [0.15, 0.2) is 54.6 Å².